The Morgan fingerprint density at radius 3 is 2.28 bits per heavy atom. The summed E-state index contributed by atoms with van der Waals surface area (Å²) in [4.78, 5) is 12.2. The summed E-state index contributed by atoms with van der Waals surface area (Å²) >= 11 is 5.85. The first-order chi connectivity index (χ1) is 11.9. The molecule has 0 bridgehead atoms. The number of anilines is 1. The van der Waals surface area contributed by atoms with E-state index < -0.39 is 0 Å². The molecule has 0 spiro atoms. The highest BCUT2D eigenvalue weighted by Gasteiger charge is 2.10. The Hall–Kier alpha value is -2.59. The third kappa shape index (κ3) is 3.91. The summed E-state index contributed by atoms with van der Waals surface area (Å²) in [6.45, 7) is 4.11. The number of nitrogens with zero attached hydrogens (tertiary/aromatic N) is 2. The van der Waals surface area contributed by atoms with Crippen molar-refractivity contribution < 1.29 is 4.79 Å². The molecule has 0 saturated heterocycles. The highest BCUT2D eigenvalue weighted by molar-refractivity contribution is 6.30. The monoisotopic (exact) mass is 353 g/mol. The van der Waals surface area contributed by atoms with E-state index in [1.165, 1.54) is 16.8 Å². The Morgan fingerprint density at radius 1 is 1.08 bits per heavy atom. The number of nitrogens with one attached hydrogen (secondary N) is 1. The SMILES string of the molecule is Cc1nn(C)c(C)c1Cc1ccc(NC(=O)c2ccc(Cl)cc2)cc1. The van der Waals surface area contributed by atoms with Crippen LogP contribution in [0.4, 0.5) is 5.69 Å². The van der Waals surface area contributed by atoms with Gasteiger partial charge in [-0.2, -0.15) is 5.10 Å². The van der Waals surface area contributed by atoms with Crippen LogP contribution in [-0.2, 0) is 13.5 Å². The molecule has 1 amide bonds. The Balaban J connectivity index is 1.70. The average Bonchev–Trinajstić information content (AvgIpc) is 2.83. The maximum absolute atomic E-state index is 12.2. The zero-order valence-corrected chi connectivity index (χ0v) is 15.3. The van der Waals surface area contributed by atoms with Crippen LogP contribution >= 0.6 is 11.6 Å². The fourth-order valence-electron chi connectivity index (χ4n) is 2.79. The molecule has 3 rings (SSSR count). The first kappa shape index (κ1) is 17.2. The molecule has 1 aromatic heterocycles. The van der Waals surface area contributed by atoms with Gasteiger partial charge in [0.25, 0.3) is 5.91 Å². The zero-order chi connectivity index (χ0) is 18.0. The van der Waals surface area contributed by atoms with Crippen LogP contribution in [0.5, 0.6) is 0 Å². The Kier molecular flexibility index (Phi) is 4.91. The lowest BCUT2D eigenvalue weighted by Crippen LogP contribution is -2.11. The summed E-state index contributed by atoms with van der Waals surface area (Å²) in [7, 11) is 1.96. The van der Waals surface area contributed by atoms with Gasteiger partial charge in [0.2, 0.25) is 0 Å². The normalized spacial score (nSPS) is 10.7. The lowest BCUT2D eigenvalue weighted by molar-refractivity contribution is 0.102. The van der Waals surface area contributed by atoms with Crippen molar-refractivity contribution in [2.24, 2.45) is 7.05 Å². The van der Waals surface area contributed by atoms with E-state index in [1.807, 2.05) is 42.9 Å². The smallest absolute Gasteiger partial charge is 0.255 e. The fraction of sp³-hybridized carbons (Fsp3) is 0.200. The highest BCUT2D eigenvalue weighted by atomic mass is 35.5. The number of amides is 1. The highest BCUT2D eigenvalue weighted by Crippen LogP contribution is 2.19. The molecule has 0 aliphatic carbocycles. The fourth-order valence-corrected chi connectivity index (χ4v) is 2.91. The van der Waals surface area contributed by atoms with E-state index in [0.717, 1.165) is 17.8 Å². The summed E-state index contributed by atoms with van der Waals surface area (Å²) in [5, 5.41) is 7.96. The van der Waals surface area contributed by atoms with Crippen LogP contribution in [0.1, 0.15) is 32.9 Å². The third-order valence-corrected chi connectivity index (χ3v) is 4.61. The zero-order valence-electron chi connectivity index (χ0n) is 14.5. The minimum Gasteiger partial charge on any atom is -0.322 e. The van der Waals surface area contributed by atoms with Crippen LogP contribution in [0, 0.1) is 13.8 Å². The molecule has 0 aliphatic heterocycles. The van der Waals surface area contributed by atoms with Crippen molar-refractivity contribution in [3.63, 3.8) is 0 Å². The average molecular weight is 354 g/mol. The molecule has 25 heavy (non-hydrogen) atoms. The number of halogens is 1. The molecule has 1 heterocycles. The lowest BCUT2D eigenvalue weighted by atomic mass is 10.0. The van der Waals surface area contributed by atoms with Crippen LogP contribution < -0.4 is 5.32 Å². The van der Waals surface area contributed by atoms with Gasteiger partial charge in [-0.25, -0.2) is 0 Å². The van der Waals surface area contributed by atoms with E-state index in [0.29, 0.717) is 10.6 Å². The maximum Gasteiger partial charge on any atom is 0.255 e. The van der Waals surface area contributed by atoms with Gasteiger partial charge in [-0.1, -0.05) is 23.7 Å². The van der Waals surface area contributed by atoms with Crippen LogP contribution in [0.25, 0.3) is 0 Å². The van der Waals surface area contributed by atoms with Crippen molar-refractivity contribution in [1.82, 2.24) is 9.78 Å². The van der Waals surface area contributed by atoms with Crippen molar-refractivity contribution in [1.29, 1.82) is 0 Å². The van der Waals surface area contributed by atoms with Gasteiger partial charge >= 0.3 is 0 Å². The van der Waals surface area contributed by atoms with E-state index in [9.17, 15) is 4.79 Å². The number of carbonyl (C=O) groups excluding carboxylic acids is 1. The molecule has 1 N–H and O–H groups in total. The van der Waals surface area contributed by atoms with Gasteiger partial charge in [0.05, 0.1) is 5.69 Å². The number of hydrogen-bond acceptors (Lipinski definition) is 2. The Labute approximate surface area is 152 Å². The molecule has 0 saturated carbocycles. The summed E-state index contributed by atoms with van der Waals surface area (Å²) in [5.41, 5.74) is 6.01. The van der Waals surface area contributed by atoms with Crippen LogP contribution in [0.15, 0.2) is 48.5 Å². The summed E-state index contributed by atoms with van der Waals surface area (Å²) in [6.07, 6.45) is 0.830. The number of aryl methyl sites for hydroxylation is 2. The molecule has 5 heteroatoms. The standard InChI is InChI=1S/C20H20ClN3O/c1-13-19(14(2)24(3)23-13)12-15-4-10-18(11-5-15)22-20(25)16-6-8-17(21)9-7-16/h4-11H,12H2,1-3H3,(H,22,25). The molecule has 128 valence electrons. The second kappa shape index (κ2) is 7.11. The summed E-state index contributed by atoms with van der Waals surface area (Å²) in [5.74, 6) is -0.150. The second-order valence-corrected chi connectivity index (χ2v) is 6.54. The topological polar surface area (TPSA) is 46.9 Å². The lowest BCUT2D eigenvalue weighted by Gasteiger charge is -2.07. The quantitative estimate of drug-likeness (QED) is 0.748. The molecular weight excluding hydrogens is 334 g/mol. The number of aromatic nitrogens is 2. The molecular formula is C20H20ClN3O. The number of benzene rings is 2. The van der Waals surface area contributed by atoms with E-state index in [2.05, 4.69) is 17.3 Å². The van der Waals surface area contributed by atoms with E-state index in [-0.39, 0.29) is 5.91 Å². The molecule has 0 fully saturated rings. The molecule has 0 aliphatic rings. The van der Waals surface area contributed by atoms with Gasteiger partial charge in [-0.15, -0.1) is 0 Å². The Morgan fingerprint density at radius 2 is 1.72 bits per heavy atom. The first-order valence-corrected chi connectivity index (χ1v) is 8.47. The summed E-state index contributed by atoms with van der Waals surface area (Å²) in [6, 6.07) is 14.7. The van der Waals surface area contributed by atoms with E-state index in [1.54, 1.807) is 24.3 Å². The van der Waals surface area contributed by atoms with Gasteiger partial charge in [0.1, 0.15) is 0 Å². The van der Waals surface area contributed by atoms with Crippen molar-refractivity contribution in [2.45, 2.75) is 20.3 Å². The van der Waals surface area contributed by atoms with Crippen molar-refractivity contribution in [2.75, 3.05) is 5.32 Å². The number of rotatable bonds is 4. The van der Waals surface area contributed by atoms with Gasteiger partial charge < -0.3 is 5.32 Å². The minimum absolute atomic E-state index is 0.150. The van der Waals surface area contributed by atoms with Crippen LogP contribution in [0.2, 0.25) is 5.02 Å². The van der Waals surface area contributed by atoms with Gasteiger partial charge in [-0.3, -0.25) is 9.48 Å². The molecule has 3 aromatic rings. The number of carbonyl (C=O) groups is 1. The minimum atomic E-state index is -0.150. The molecule has 0 atom stereocenters. The summed E-state index contributed by atoms with van der Waals surface area (Å²) < 4.78 is 1.91. The predicted octanol–water partition coefficient (Wildman–Crippen LogP) is 4.53. The van der Waals surface area contributed by atoms with Crippen molar-refractivity contribution in [3.05, 3.63) is 81.6 Å². The number of hydrogen-bond donors (Lipinski definition) is 1. The van der Waals surface area contributed by atoms with Gasteiger partial charge in [0.15, 0.2) is 0 Å². The molecule has 4 nitrogen and oxygen atoms in total. The molecule has 2 aromatic carbocycles. The van der Waals surface area contributed by atoms with E-state index in [4.69, 9.17) is 11.6 Å². The van der Waals surface area contributed by atoms with Gasteiger partial charge in [-0.05, 0) is 55.8 Å². The van der Waals surface area contributed by atoms with E-state index >= 15 is 0 Å². The van der Waals surface area contributed by atoms with Gasteiger partial charge in [0, 0.05) is 41.0 Å². The van der Waals surface area contributed by atoms with Crippen LogP contribution in [-0.4, -0.2) is 15.7 Å². The predicted molar refractivity (Wildman–Crippen MR) is 101 cm³/mol. The second-order valence-electron chi connectivity index (χ2n) is 6.11. The third-order valence-electron chi connectivity index (χ3n) is 4.36. The Bertz CT molecular complexity index is 896. The molecule has 0 radical (unpaired) electrons. The first-order valence-electron chi connectivity index (χ1n) is 8.09. The van der Waals surface area contributed by atoms with Crippen LogP contribution in [0.3, 0.4) is 0 Å². The maximum atomic E-state index is 12.2. The van der Waals surface area contributed by atoms with Crippen molar-refractivity contribution >= 4 is 23.2 Å². The largest absolute Gasteiger partial charge is 0.322 e. The van der Waals surface area contributed by atoms with Crippen molar-refractivity contribution in [3.8, 4) is 0 Å². The molecule has 0 unspecified atom stereocenters.